The molecule has 0 saturated heterocycles. The van der Waals surface area contributed by atoms with Crippen LogP contribution >= 0.6 is 0 Å². The lowest BCUT2D eigenvalue weighted by molar-refractivity contribution is 0.0593. The van der Waals surface area contributed by atoms with Gasteiger partial charge in [-0.3, -0.25) is 0 Å². The summed E-state index contributed by atoms with van der Waals surface area (Å²) in [6, 6.07) is 5.20. The van der Waals surface area contributed by atoms with Gasteiger partial charge in [0.25, 0.3) is 0 Å². The Morgan fingerprint density at radius 1 is 1.41 bits per heavy atom. The molecule has 0 amide bonds. The van der Waals surface area contributed by atoms with Gasteiger partial charge in [0.2, 0.25) is 0 Å². The van der Waals surface area contributed by atoms with Crippen LogP contribution in [-0.2, 0) is 16.1 Å². The number of esters is 1. The van der Waals surface area contributed by atoms with Gasteiger partial charge in [0.05, 0.1) is 33.0 Å². The minimum atomic E-state index is -0.402. The van der Waals surface area contributed by atoms with Crippen molar-refractivity contribution in [3.63, 3.8) is 0 Å². The first-order valence-electron chi connectivity index (χ1n) is 5.17. The van der Waals surface area contributed by atoms with Gasteiger partial charge in [-0.15, -0.1) is 6.58 Å². The fraction of sp³-hybridized carbons (Fsp3) is 0.308. The van der Waals surface area contributed by atoms with Crippen LogP contribution in [0, 0.1) is 0 Å². The molecule has 0 heterocycles. The van der Waals surface area contributed by atoms with E-state index in [0.717, 1.165) is 0 Å². The molecule has 0 atom stereocenters. The molecule has 1 aromatic rings. The highest BCUT2D eigenvalue weighted by atomic mass is 16.5. The fourth-order valence-corrected chi connectivity index (χ4v) is 1.45. The predicted octanol–water partition coefficient (Wildman–Crippen LogP) is 2.18. The van der Waals surface area contributed by atoms with Crippen LogP contribution in [0.2, 0.25) is 0 Å². The SMILES string of the molecule is C=CCOCc1c(OC)cccc1C(=O)OC. The van der Waals surface area contributed by atoms with Crippen LogP contribution in [0.5, 0.6) is 5.75 Å². The van der Waals surface area contributed by atoms with E-state index in [2.05, 4.69) is 6.58 Å². The van der Waals surface area contributed by atoms with Crippen molar-refractivity contribution in [3.05, 3.63) is 42.0 Å². The monoisotopic (exact) mass is 236 g/mol. The molecule has 0 radical (unpaired) electrons. The van der Waals surface area contributed by atoms with E-state index in [4.69, 9.17) is 14.2 Å². The van der Waals surface area contributed by atoms with Gasteiger partial charge in [0.15, 0.2) is 0 Å². The van der Waals surface area contributed by atoms with Gasteiger partial charge < -0.3 is 14.2 Å². The number of carbonyl (C=O) groups is 1. The lowest BCUT2D eigenvalue weighted by atomic mass is 10.1. The number of hydrogen-bond donors (Lipinski definition) is 0. The first kappa shape index (κ1) is 13.3. The van der Waals surface area contributed by atoms with Gasteiger partial charge in [0.1, 0.15) is 5.75 Å². The van der Waals surface area contributed by atoms with Crippen LogP contribution in [0.15, 0.2) is 30.9 Å². The number of carbonyl (C=O) groups excluding carboxylic acids is 1. The molecule has 0 unspecified atom stereocenters. The third-order valence-electron chi connectivity index (χ3n) is 2.24. The Hall–Kier alpha value is -1.81. The average molecular weight is 236 g/mol. The van der Waals surface area contributed by atoms with Gasteiger partial charge in [-0.2, -0.15) is 0 Å². The molecule has 92 valence electrons. The number of ether oxygens (including phenoxy) is 3. The normalized spacial score (nSPS) is 9.76. The topological polar surface area (TPSA) is 44.8 Å². The lowest BCUT2D eigenvalue weighted by Gasteiger charge is -2.12. The first-order chi connectivity index (χ1) is 8.24. The van der Waals surface area contributed by atoms with Crippen molar-refractivity contribution in [1.82, 2.24) is 0 Å². The Kier molecular flexibility index (Phi) is 5.23. The summed E-state index contributed by atoms with van der Waals surface area (Å²) in [7, 11) is 2.89. The number of methoxy groups -OCH3 is 2. The third kappa shape index (κ3) is 3.32. The zero-order valence-electron chi connectivity index (χ0n) is 10.1. The Morgan fingerprint density at radius 2 is 2.18 bits per heavy atom. The molecule has 0 aromatic heterocycles. The van der Waals surface area contributed by atoms with Crippen molar-refractivity contribution in [1.29, 1.82) is 0 Å². The van der Waals surface area contributed by atoms with Crippen molar-refractivity contribution in [2.45, 2.75) is 6.61 Å². The second-order valence-electron chi connectivity index (χ2n) is 3.28. The van der Waals surface area contributed by atoms with E-state index in [9.17, 15) is 4.79 Å². The molecule has 1 aromatic carbocycles. The number of rotatable bonds is 6. The molecule has 1 rings (SSSR count). The molecule has 0 fully saturated rings. The lowest BCUT2D eigenvalue weighted by Crippen LogP contribution is -2.08. The van der Waals surface area contributed by atoms with E-state index in [1.165, 1.54) is 7.11 Å². The first-order valence-corrected chi connectivity index (χ1v) is 5.17. The van der Waals surface area contributed by atoms with E-state index in [1.54, 1.807) is 31.4 Å². The van der Waals surface area contributed by atoms with Crippen molar-refractivity contribution < 1.29 is 19.0 Å². The highest BCUT2D eigenvalue weighted by Crippen LogP contribution is 2.23. The van der Waals surface area contributed by atoms with Crippen molar-refractivity contribution in [3.8, 4) is 5.75 Å². The Morgan fingerprint density at radius 3 is 2.76 bits per heavy atom. The standard InChI is InChI=1S/C13H16O4/c1-4-8-17-9-11-10(13(14)16-3)6-5-7-12(11)15-2/h4-7H,1,8-9H2,2-3H3. The Labute approximate surface area is 101 Å². The molecule has 0 saturated carbocycles. The largest absolute Gasteiger partial charge is 0.496 e. The van der Waals surface area contributed by atoms with Crippen molar-refractivity contribution in [2.24, 2.45) is 0 Å². The van der Waals surface area contributed by atoms with Crippen LogP contribution in [0.4, 0.5) is 0 Å². The summed E-state index contributed by atoms with van der Waals surface area (Å²) in [6.07, 6.45) is 1.65. The van der Waals surface area contributed by atoms with E-state index in [-0.39, 0.29) is 6.61 Å². The fourth-order valence-electron chi connectivity index (χ4n) is 1.45. The second kappa shape index (κ2) is 6.70. The smallest absolute Gasteiger partial charge is 0.338 e. The van der Waals surface area contributed by atoms with Gasteiger partial charge in [-0.25, -0.2) is 4.79 Å². The molecule has 0 aliphatic rings. The Balaban J connectivity index is 3.02. The van der Waals surface area contributed by atoms with Crippen LogP contribution in [0.25, 0.3) is 0 Å². The highest BCUT2D eigenvalue weighted by molar-refractivity contribution is 5.91. The zero-order valence-corrected chi connectivity index (χ0v) is 10.1. The van der Waals surface area contributed by atoms with Crippen LogP contribution in [0.3, 0.4) is 0 Å². The van der Waals surface area contributed by atoms with Crippen LogP contribution < -0.4 is 4.74 Å². The molecule has 17 heavy (non-hydrogen) atoms. The summed E-state index contributed by atoms with van der Waals surface area (Å²) in [5.74, 6) is 0.207. The minimum absolute atomic E-state index is 0.278. The van der Waals surface area contributed by atoms with E-state index in [0.29, 0.717) is 23.5 Å². The molecule has 0 bridgehead atoms. The minimum Gasteiger partial charge on any atom is -0.496 e. The molecule has 0 aliphatic heterocycles. The predicted molar refractivity (Wildman–Crippen MR) is 64.2 cm³/mol. The van der Waals surface area contributed by atoms with E-state index in [1.807, 2.05) is 0 Å². The van der Waals surface area contributed by atoms with Crippen LogP contribution in [0.1, 0.15) is 15.9 Å². The molecule has 0 N–H and O–H groups in total. The van der Waals surface area contributed by atoms with Crippen molar-refractivity contribution >= 4 is 5.97 Å². The van der Waals surface area contributed by atoms with Gasteiger partial charge in [-0.1, -0.05) is 12.1 Å². The van der Waals surface area contributed by atoms with Gasteiger partial charge in [0, 0.05) is 5.56 Å². The summed E-state index contributed by atoms with van der Waals surface area (Å²) in [4.78, 5) is 11.6. The second-order valence-corrected chi connectivity index (χ2v) is 3.28. The third-order valence-corrected chi connectivity index (χ3v) is 2.24. The highest BCUT2D eigenvalue weighted by Gasteiger charge is 2.15. The maximum atomic E-state index is 11.6. The van der Waals surface area contributed by atoms with Crippen molar-refractivity contribution in [2.75, 3.05) is 20.8 Å². The van der Waals surface area contributed by atoms with E-state index >= 15 is 0 Å². The molecule has 0 spiro atoms. The molecule has 4 nitrogen and oxygen atoms in total. The summed E-state index contributed by atoms with van der Waals surface area (Å²) in [5, 5.41) is 0. The molecular weight excluding hydrogens is 220 g/mol. The Bertz CT molecular complexity index is 398. The maximum absolute atomic E-state index is 11.6. The quantitative estimate of drug-likeness (QED) is 0.431. The summed E-state index contributed by atoms with van der Waals surface area (Å²) >= 11 is 0. The van der Waals surface area contributed by atoms with E-state index < -0.39 is 5.97 Å². The summed E-state index contributed by atoms with van der Waals surface area (Å²) in [5.41, 5.74) is 1.14. The maximum Gasteiger partial charge on any atom is 0.338 e. The number of hydrogen-bond acceptors (Lipinski definition) is 4. The van der Waals surface area contributed by atoms with Gasteiger partial charge in [-0.05, 0) is 12.1 Å². The summed E-state index contributed by atoms with van der Waals surface area (Å²) < 4.78 is 15.3. The van der Waals surface area contributed by atoms with Crippen LogP contribution in [-0.4, -0.2) is 26.8 Å². The molecule has 0 aliphatic carbocycles. The average Bonchev–Trinajstić information content (AvgIpc) is 2.38. The number of benzene rings is 1. The molecule has 4 heteroatoms. The molecular formula is C13H16O4. The summed E-state index contributed by atoms with van der Waals surface area (Å²) in [6.45, 7) is 4.25. The zero-order chi connectivity index (χ0) is 12.7. The van der Waals surface area contributed by atoms with Gasteiger partial charge >= 0.3 is 5.97 Å².